The van der Waals surface area contributed by atoms with E-state index in [1.54, 1.807) is 32.4 Å². The number of hydrogen-bond acceptors (Lipinski definition) is 4. The number of rotatable bonds is 5. The van der Waals surface area contributed by atoms with Crippen molar-refractivity contribution in [2.75, 3.05) is 14.2 Å². The average molecular weight is 334 g/mol. The van der Waals surface area contributed by atoms with Crippen LogP contribution in [0.2, 0.25) is 0 Å². The Balaban J connectivity index is 1.76. The predicted molar refractivity (Wildman–Crippen MR) is 98.2 cm³/mol. The van der Waals surface area contributed by atoms with Crippen LogP contribution >= 0.6 is 0 Å². The zero-order valence-corrected chi connectivity index (χ0v) is 14.1. The van der Waals surface area contributed by atoms with Crippen LogP contribution < -0.4 is 14.2 Å². The van der Waals surface area contributed by atoms with Crippen molar-refractivity contribution < 1.29 is 19.0 Å². The number of para-hydroxylation sites is 1. The molecule has 0 aromatic heterocycles. The molecule has 0 bridgehead atoms. The number of carbonyl (C=O) groups is 1. The van der Waals surface area contributed by atoms with Crippen LogP contribution in [-0.2, 0) is 4.79 Å². The summed E-state index contributed by atoms with van der Waals surface area (Å²) in [6.45, 7) is 0. The van der Waals surface area contributed by atoms with Gasteiger partial charge in [0.25, 0.3) is 0 Å². The summed E-state index contributed by atoms with van der Waals surface area (Å²) in [7, 11) is 3.13. The van der Waals surface area contributed by atoms with Gasteiger partial charge in [0.05, 0.1) is 14.2 Å². The minimum Gasteiger partial charge on any atom is -0.493 e. The standard InChI is InChI=1S/C21H18O4/c1-23-19-9-5-8-16(21(19)24-2)11-13-20(22)25-18-12-10-15-6-3-4-7-17(15)14-18/h3-14H,1-2H3. The molecule has 0 amide bonds. The van der Waals surface area contributed by atoms with E-state index >= 15 is 0 Å². The molecule has 0 saturated heterocycles. The van der Waals surface area contributed by atoms with Gasteiger partial charge in [-0.1, -0.05) is 42.5 Å². The number of methoxy groups -OCH3 is 2. The summed E-state index contributed by atoms with van der Waals surface area (Å²) in [5.74, 6) is 1.22. The summed E-state index contributed by atoms with van der Waals surface area (Å²) in [6, 6.07) is 18.9. The third-order valence-electron chi connectivity index (χ3n) is 3.77. The van der Waals surface area contributed by atoms with E-state index < -0.39 is 5.97 Å². The minimum atomic E-state index is -0.458. The van der Waals surface area contributed by atoms with E-state index in [1.165, 1.54) is 6.08 Å². The molecule has 0 aliphatic carbocycles. The van der Waals surface area contributed by atoms with Crippen molar-refractivity contribution in [2.24, 2.45) is 0 Å². The van der Waals surface area contributed by atoms with E-state index in [4.69, 9.17) is 14.2 Å². The topological polar surface area (TPSA) is 44.8 Å². The Bertz CT molecular complexity index is 928. The van der Waals surface area contributed by atoms with Crippen LogP contribution in [0.3, 0.4) is 0 Å². The molecule has 0 unspecified atom stereocenters. The molecule has 3 rings (SSSR count). The second kappa shape index (κ2) is 7.53. The van der Waals surface area contributed by atoms with Crippen LogP contribution in [-0.4, -0.2) is 20.2 Å². The zero-order chi connectivity index (χ0) is 17.6. The van der Waals surface area contributed by atoms with Gasteiger partial charge in [0.1, 0.15) is 5.75 Å². The first-order chi connectivity index (χ1) is 12.2. The summed E-state index contributed by atoms with van der Waals surface area (Å²) in [5.41, 5.74) is 0.734. The van der Waals surface area contributed by atoms with Crippen molar-refractivity contribution in [3.05, 3.63) is 72.3 Å². The van der Waals surface area contributed by atoms with Gasteiger partial charge in [-0.25, -0.2) is 4.79 Å². The first-order valence-corrected chi connectivity index (χ1v) is 7.81. The van der Waals surface area contributed by atoms with Gasteiger partial charge in [0.2, 0.25) is 0 Å². The zero-order valence-electron chi connectivity index (χ0n) is 14.1. The Morgan fingerprint density at radius 2 is 1.68 bits per heavy atom. The summed E-state index contributed by atoms with van der Waals surface area (Å²) in [6.07, 6.45) is 3.01. The highest BCUT2D eigenvalue weighted by atomic mass is 16.5. The van der Waals surface area contributed by atoms with Crippen LogP contribution in [0, 0.1) is 0 Å². The molecule has 0 aliphatic rings. The highest BCUT2D eigenvalue weighted by Crippen LogP contribution is 2.31. The van der Waals surface area contributed by atoms with Crippen molar-refractivity contribution >= 4 is 22.8 Å². The molecule has 25 heavy (non-hydrogen) atoms. The molecule has 3 aromatic rings. The van der Waals surface area contributed by atoms with E-state index in [9.17, 15) is 4.79 Å². The smallest absolute Gasteiger partial charge is 0.336 e. The molecule has 0 N–H and O–H groups in total. The van der Waals surface area contributed by atoms with Crippen molar-refractivity contribution in [1.29, 1.82) is 0 Å². The second-order valence-corrected chi connectivity index (χ2v) is 5.35. The van der Waals surface area contributed by atoms with Crippen molar-refractivity contribution in [3.63, 3.8) is 0 Å². The van der Waals surface area contributed by atoms with Crippen molar-refractivity contribution in [3.8, 4) is 17.2 Å². The Morgan fingerprint density at radius 1 is 0.880 bits per heavy atom. The lowest BCUT2D eigenvalue weighted by Crippen LogP contribution is -2.03. The van der Waals surface area contributed by atoms with Gasteiger partial charge in [0.15, 0.2) is 11.5 Å². The van der Waals surface area contributed by atoms with Gasteiger partial charge in [-0.05, 0) is 35.0 Å². The number of ether oxygens (including phenoxy) is 3. The fourth-order valence-corrected chi connectivity index (χ4v) is 2.58. The predicted octanol–water partition coefficient (Wildman–Crippen LogP) is 4.48. The molecule has 0 atom stereocenters. The van der Waals surface area contributed by atoms with Gasteiger partial charge < -0.3 is 14.2 Å². The maximum absolute atomic E-state index is 12.1. The van der Waals surface area contributed by atoms with E-state index in [2.05, 4.69) is 0 Å². The maximum atomic E-state index is 12.1. The third kappa shape index (κ3) is 3.80. The van der Waals surface area contributed by atoms with E-state index in [-0.39, 0.29) is 0 Å². The minimum absolute atomic E-state index is 0.458. The summed E-state index contributed by atoms with van der Waals surface area (Å²) in [5, 5.41) is 2.12. The number of benzene rings is 3. The molecule has 0 fully saturated rings. The molecule has 4 nitrogen and oxygen atoms in total. The molecular weight excluding hydrogens is 316 g/mol. The van der Waals surface area contributed by atoms with Crippen LogP contribution in [0.25, 0.3) is 16.8 Å². The van der Waals surface area contributed by atoms with Crippen molar-refractivity contribution in [1.82, 2.24) is 0 Å². The molecular formula is C21H18O4. The van der Waals surface area contributed by atoms with E-state index in [1.807, 2.05) is 48.5 Å². The van der Waals surface area contributed by atoms with Gasteiger partial charge in [-0.3, -0.25) is 0 Å². The van der Waals surface area contributed by atoms with Gasteiger partial charge >= 0.3 is 5.97 Å². The Kier molecular flexibility index (Phi) is 5.00. The molecule has 3 aromatic carbocycles. The summed E-state index contributed by atoms with van der Waals surface area (Å²) >= 11 is 0. The number of carbonyl (C=O) groups excluding carboxylic acids is 1. The Hall–Kier alpha value is -3.27. The summed E-state index contributed by atoms with van der Waals surface area (Å²) in [4.78, 5) is 12.1. The van der Waals surface area contributed by atoms with E-state index in [0.29, 0.717) is 17.2 Å². The van der Waals surface area contributed by atoms with E-state index in [0.717, 1.165) is 16.3 Å². The van der Waals surface area contributed by atoms with Crippen LogP contribution in [0.4, 0.5) is 0 Å². The SMILES string of the molecule is COc1cccc(C=CC(=O)Oc2ccc3ccccc3c2)c1OC. The largest absolute Gasteiger partial charge is 0.493 e. The number of fused-ring (bicyclic) bond motifs is 1. The van der Waals surface area contributed by atoms with Crippen LogP contribution in [0.15, 0.2) is 66.7 Å². The van der Waals surface area contributed by atoms with Gasteiger partial charge in [-0.15, -0.1) is 0 Å². The Labute approximate surface area is 146 Å². The van der Waals surface area contributed by atoms with Gasteiger partial charge in [0, 0.05) is 11.6 Å². The molecule has 0 spiro atoms. The first kappa shape index (κ1) is 16.6. The normalized spacial score (nSPS) is 10.8. The average Bonchev–Trinajstić information content (AvgIpc) is 2.65. The van der Waals surface area contributed by atoms with Gasteiger partial charge in [-0.2, -0.15) is 0 Å². The fourth-order valence-electron chi connectivity index (χ4n) is 2.58. The quantitative estimate of drug-likeness (QED) is 0.392. The molecule has 126 valence electrons. The number of esters is 1. The Morgan fingerprint density at radius 3 is 2.44 bits per heavy atom. The highest BCUT2D eigenvalue weighted by molar-refractivity contribution is 5.90. The molecule has 0 saturated carbocycles. The third-order valence-corrected chi connectivity index (χ3v) is 3.77. The summed E-state index contributed by atoms with van der Waals surface area (Å²) < 4.78 is 16.0. The van der Waals surface area contributed by atoms with Crippen LogP contribution in [0.1, 0.15) is 5.56 Å². The monoisotopic (exact) mass is 334 g/mol. The molecule has 0 aliphatic heterocycles. The second-order valence-electron chi connectivity index (χ2n) is 5.35. The van der Waals surface area contributed by atoms with Crippen molar-refractivity contribution in [2.45, 2.75) is 0 Å². The highest BCUT2D eigenvalue weighted by Gasteiger charge is 2.08. The lowest BCUT2D eigenvalue weighted by molar-refractivity contribution is -0.128. The number of hydrogen-bond donors (Lipinski definition) is 0. The lowest BCUT2D eigenvalue weighted by Gasteiger charge is -2.09. The maximum Gasteiger partial charge on any atom is 0.336 e. The first-order valence-electron chi connectivity index (χ1n) is 7.81. The fraction of sp³-hybridized carbons (Fsp3) is 0.0952. The van der Waals surface area contributed by atoms with Crippen LogP contribution in [0.5, 0.6) is 17.2 Å². The molecule has 4 heteroatoms. The molecule has 0 radical (unpaired) electrons. The molecule has 0 heterocycles. The lowest BCUT2D eigenvalue weighted by atomic mass is 10.1.